The fourth-order valence-electron chi connectivity index (χ4n) is 1.75. The fraction of sp³-hybridized carbons (Fsp3) is 0.583. The first-order valence-corrected chi connectivity index (χ1v) is 5.89. The molecule has 0 aromatic carbocycles. The van der Waals surface area contributed by atoms with Crippen LogP contribution in [0.4, 0.5) is 24.7 Å². The average Bonchev–Trinajstić information content (AvgIpc) is 2.26. The SMILES string of the molecule is COCC(C)(C)Nc1cc(C(F)(F)F)cnc1N(C)N. The van der Waals surface area contributed by atoms with Crippen LogP contribution in [0.1, 0.15) is 19.4 Å². The van der Waals surface area contributed by atoms with E-state index in [2.05, 4.69) is 10.3 Å². The number of hydrogen-bond donors (Lipinski definition) is 2. The van der Waals surface area contributed by atoms with Crippen LogP contribution in [0.3, 0.4) is 0 Å². The van der Waals surface area contributed by atoms with Gasteiger partial charge in [-0.05, 0) is 19.9 Å². The quantitative estimate of drug-likeness (QED) is 0.644. The van der Waals surface area contributed by atoms with E-state index in [0.717, 1.165) is 17.3 Å². The monoisotopic (exact) mass is 292 g/mol. The van der Waals surface area contributed by atoms with Crippen LogP contribution < -0.4 is 16.2 Å². The third-order valence-corrected chi connectivity index (χ3v) is 2.51. The summed E-state index contributed by atoms with van der Waals surface area (Å²) >= 11 is 0. The van der Waals surface area contributed by atoms with Crippen molar-refractivity contribution in [2.24, 2.45) is 5.84 Å². The van der Waals surface area contributed by atoms with Gasteiger partial charge in [-0.1, -0.05) is 0 Å². The summed E-state index contributed by atoms with van der Waals surface area (Å²) in [6.45, 7) is 3.92. The molecule has 0 aliphatic carbocycles. The van der Waals surface area contributed by atoms with Crippen molar-refractivity contribution in [3.05, 3.63) is 17.8 Å². The summed E-state index contributed by atoms with van der Waals surface area (Å²) in [5, 5.41) is 4.13. The number of halogens is 3. The highest BCUT2D eigenvalue weighted by atomic mass is 19.4. The van der Waals surface area contributed by atoms with Crippen LogP contribution in [0.2, 0.25) is 0 Å². The molecule has 1 aromatic heterocycles. The van der Waals surface area contributed by atoms with Gasteiger partial charge in [0.2, 0.25) is 0 Å². The van der Waals surface area contributed by atoms with Crippen molar-refractivity contribution < 1.29 is 17.9 Å². The van der Waals surface area contributed by atoms with Crippen LogP contribution in [0.5, 0.6) is 0 Å². The minimum atomic E-state index is -4.46. The highest BCUT2D eigenvalue weighted by molar-refractivity contribution is 5.66. The molecule has 0 bridgehead atoms. The minimum Gasteiger partial charge on any atom is -0.382 e. The molecule has 8 heteroatoms. The molecule has 1 heterocycles. The van der Waals surface area contributed by atoms with Gasteiger partial charge >= 0.3 is 6.18 Å². The van der Waals surface area contributed by atoms with E-state index in [4.69, 9.17) is 10.6 Å². The number of anilines is 2. The predicted octanol–water partition coefficient (Wildman–Crippen LogP) is 2.25. The van der Waals surface area contributed by atoms with Crippen LogP contribution in [0.15, 0.2) is 12.3 Å². The topological polar surface area (TPSA) is 63.4 Å². The largest absolute Gasteiger partial charge is 0.417 e. The number of ether oxygens (including phenoxy) is 1. The Labute approximate surface area is 115 Å². The van der Waals surface area contributed by atoms with Crippen molar-refractivity contribution in [1.82, 2.24) is 4.98 Å². The standard InChI is InChI=1S/C12H19F3N4O/c1-11(2,7-20-4)18-9-5-8(12(13,14)15)6-17-10(9)19(3)16/h5-6,18H,7,16H2,1-4H3. The number of rotatable bonds is 5. The van der Waals surface area contributed by atoms with E-state index in [1.165, 1.54) is 14.2 Å². The van der Waals surface area contributed by atoms with Crippen molar-refractivity contribution in [3.63, 3.8) is 0 Å². The van der Waals surface area contributed by atoms with Gasteiger partial charge in [0.15, 0.2) is 5.82 Å². The van der Waals surface area contributed by atoms with Gasteiger partial charge in [0.05, 0.1) is 23.4 Å². The summed E-state index contributed by atoms with van der Waals surface area (Å²) < 4.78 is 43.3. The lowest BCUT2D eigenvalue weighted by molar-refractivity contribution is -0.137. The van der Waals surface area contributed by atoms with Crippen molar-refractivity contribution >= 4 is 11.5 Å². The van der Waals surface area contributed by atoms with Gasteiger partial charge in [-0.25, -0.2) is 10.8 Å². The number of pyridine rings is 1. The summed E-state index contributed by atoms with van der Waals surface area (Å²) in [5.41, 5.74) is -1.20. The zero-order valence-corrected chi connectivity index (χ0v) is 11.9. The number of aromatic nitrogens is 1. The van der Waals surface area contributed by atoms with Gasteiger partial charge in [-0.2, -0.15) is 13.2 Å². The highest BCUT2D eigenvalue weighted by Crippen LogP contribution is 2.34. The van der Waals surface area contributed by atoms with Crippen LogP contribution >= 0.6 is 0 Å². The summed E-state index contributed by atoms with van der Waals surface area (Å²) in [4.78, 5) is 3.77. The Morgan fingerprint density at radius 1 is 1.40 bits per heavy atom. The van der Waals surface area contributed by atoms with Crippen molar-refractivity contribution in [2.75, 3.05) is 31.1 Å². The molecule has 0 aliphatic heterocycles. The molecule has 0 atom stereocenters. The van der Waals surface area contributed by atoms with E-state index in [9.17, 15) is 13.2 Å². The number of nitrogens with two attached hydrogens (primary N) is 1. The predicted molar refractivity (Wildman–Crippen MR) is 71.4 cm³/mol. The molecule has 0 unspecified atom stereocenters. The van der Waals surface area contributed by atoms with Gasteiger partial charge in [0.1, 0.15) is 0 Å². The van der Waals surface area contributed by atoms with Crippen LogP contribution in [0, 0.1) is 0 Å². The zero-order valence-electron chi connectivity index (χ0n) is 11.9. The molecule has 5 nitrogen and oxygen atoms in total. The normalized spacial score (nSPS) is 12.4. The molecule has 0 radical (unpaired) electrons. The number of hydrogen-bond acceptors (Lipinski definition) is 5. The number of nitrogens with zero attached hydrogens (tertiary/aromatic N) is 2. The smallest absolute Gasteiger partial charge is 0.382 e. The van der Waals surface area contributed by atoms with Gasteiger partial charge in [0, 0.05) is 20.4 Å². The maximum absolute atomic E-state index is 12.7. The highest BCUT2D eigenvalue weighted by Gasteiger charge is 2.32. The van der Waals surface area contributed by atoms with Gasteiger partial charge < -0.3 is 10.1 Å². The average molecular weight is 292 g/mol. The first-order chi connectivity index (χ1) is 9.07. The van der Waals surface area contributed by atoms with Crippen LogP contribution in [0.25, 0.3) is 0 Å². The second-order valence-corrected chi connectivity index (χ2v) is 5.15. The Kier molecular flexibility index (Phi) is 4.82. The third-order valence-electron chi connectivity index (χ3n) is 2.51. The molecule has 20 heavy (non-hydrogen) atoms. The molecule has 3 N–H and O–H groups in total. The first-order valence-electron chi connectivity index (χ1n) is 5.89. The maximum atomic E-state index is 12.7. The minimum absolute atomic E-state index is 0.201. The molecular weight excluding hydrogens is 273 g/mol. The zero-order chi connectivity index (χ0) is 15.6. The second kappa shape index (κ2) is 5.84. The third kappa shape index (κ3) is 4.24. The van der Waals surface area contributed by atoms with Crippen molar-refractivity contribution in [1.29, 1.82) is 0 Å². The number of methoxy groups -OCH3 is 1. The molecule has 0 amide bonds. The molecular formula is C12H19F3N4O. The first kappa shape index (κ1) is 16.5. The number of nitrogens with one attached hydrogen (secondary N) is 1. The lowest BCUT2D eigenvalue weighted by Gasteiger charge is -2.29. The van der Waals surface area contributed by atoms with E-state index in [1.807, 2.05) is 0 Å². The maximum Gasteiger partial charge on any atom is 0.417 e. The lowest BCUT2D eigenvalue weighted by atomic mass is 10.1. The molecule has 1 rings (SSSR count). The molecule has 0 saturated heterocycles. The summed E-state index contributed by atoms with van der Waals surface area (Å²) in [6, 6.07) is 0.989. The van der Waals surface area contributed by atoms with E-state index >= 15 is 0 Å². The Bertz CT molecular complexity index is 461. The second-order valence-electron chi connectivity index (χ2n) is 5.15. The van der Waals surface area contributed by atoms with E-state index in [-0.39, 0.29) is 11.5 Å². The number of hydrazine groups is 1. The summed E-state index contributed by atoms with van der Waals surface area (Å²) in [6.07, 6.45) is -3.70. The van der Waals surface area contributed by atoms with E-state index < -0.39 is 17.3 Å². The Hall–Kier alpha value is -1.54. The van der Waals surface area contributed by atoms with Crippen LogP contribution in [-0.4, -0.2) is 31.3 Å². The molecule has 0 fully saturated rings. The summed E-state index contributed by atoms with van der Waals surface area (Å²) in [5.74, 6) is 5.81. The summed E-state index contributed by atoms with van der Waals surface area (Å²) in [7, 11) is 3.02. The molecule has 0 saturated carbocycles. The van der Waals surface area contributed by atoms with Gasteiger partial charge in [-0.15, -0.1) is 0 Å². The van der Waals surface area contributed by atoms with E-state index in [0.29, 0.717) is 6.61 Å². The molecule has 114 valence electrons. The van der Waals surface area contributed by atoms with E-state index in [1.54, 1.807) is 13.8 Å². The van der Waals surface area contributed by atoms with Gasteiger partial charge in [-0.3, -0.25) is 5.01 Å². The Morgan fingerprint density at radius 2 is 2.00 bits per heavy atom. The van der Waals surface area contributed by atoms with Crippen molar-refractivity contribution in [2.45, 2.75) is 25.6 Å². The number of alkyl halides is 3. The molecule has 0 spiro atoms. The molecule has 1 aromatic rings. The van der Waals surface area contributed by atoms with Gasteiger partial charge in [0.25, 0.3) is 0 Å². The Morgan fingerprint density at radius 3 is 2.45 bits per heavy atom. The lowest BCUT2D eigenvalue weighted by Crippen LogP contribution is -2.37. The fourth-order valence-corrected chi connectivity index (χ4v) is 1.75. The van der Waals surface area contributed by atoms with Crippen molar-refractivity contribution in [3.8, 4) is 0 Å². The Balaban J connectivity index is 3.19. The van der Waals surface area contributed by atoms with Crippen LogP contribution in [-0.2, 0) is 10.9 Å². The molecule has 0 aliphatic rings.